The molecule has 0 radical (unpaired) electrons. The van der Waals surface area contributed by atoms with Gasteiger partial charge < -0.3 is 14.7 Å². The number of hydrogen-bond acceptors (Lipinski definition) is 3. The quantitative estimate of drug-likeness (QED) is 0.875. The number of piperidine rings is 1. The van der Waals surface area contributed by atoms with Crippen LogP contribution in [0.2, 0.25) is 0 Å². The number of nitrogens with zero attached hydrogens (tertiary/aromatic N) is 1. The summed E-state index contributed by atoms with van der Waals surface area (Å²) in [5, 5.41) is 9.02. The molecule has 0 saturated carbocycles. The van der Waals surface area contributed by atoms with Crippen molar-refractivity contribution in [1.82, 2.24) is 4.90 Å². The molecule has 1 aromatic rings. The first-order valence-corrected chi connectivity index (χ1v) is 8.04. The summed E-state index contributed by atoms with van der Waals surface area (Å²) in [7, 11) is 0. The molecule has 126 valence electrons. The lowest BCUT2D eigenvalue weighted by atomic mass is 9.90. The minimum absolute atomic E-state index is 0.0365. The van der Waals surface area contributed by atoms with E-state index in [1.54, 1.807) is 4.90 Å². The van der Waals surface area contributed by atoms with Crippen LogP contribution in [0.1, 0.15) is 32.3 Å². The van der Waals surface area contributed by atoms with Crippen LogP contribution < -0.4 is 0 Å². The van der Waals surface area contributed by atoms with E-state index >= 15 is 0 Å². The van der Waals surface area contributed by atoms with Gasteiger partial charge in [0.2, 0.25) is 5.91 Å². The van der Waals surface area contributed by atoms with E-state index < -0.39 is 11.4 Å². The van der Waals surface area contributed by atoms with Crippen molar-refractivity contribution in [3.63, 3.8) is 0 Å². The van der Waals surface area contributed by atoms with Crippen molar-refractivity contribution in [3.05, 3.63) is 35.9 Å². The molecule has 1 aliphatic heterocycles. The van der Waals surface area contributed by atoms with Gasteiger partial charge in [-0.05, 0) is 32.3 Å². The lowest BCUT2D eigenvalue weighted by Crippen LogP contribution is -2.47. The Balaban J connectivity index is 1.82. The highest BCUT2D eigenvalue weighted by Crippen LogP contribution is 2.25. The molecule has 0 spiro atoms. The van der Waals surface area contributed by atoms with Gasteiger partial charge in [0, 0.05) is 13.1 Å². The number of carbonyl (C=O) groups is 2. The van der Waals surface area contributed by atoms with Crippen LogP contribution in [0.25, 0.3) is 0 Å². The number of benzene rings is 1. The molecule has 1 saturated heterocycles. The predicted octanol–water partition coefficient (Wildman–Crippen LogP) is 2.55. The number of amides is 1. The van der Waals surface area contributed by atoms with E-state index in [1.807, 2.05) is 44.2 Å². The van der Waals surface area contributed by atoms with Crippen molar-refractivity contribution in [2.24, 2.45) is 11.3 Å². The third-order valence-electron chi connectivity index (χ3n) is 4.28. The average molecular weight is 319 g/mol. The summed E-state index contributed by atoms with van der Waals surface area (Å²) in [6.07, 6.45) is 1.06. The molecule has 1 aromatic carbocycles. The zero-order chi connectivity index (χ0) is 16.9. The third-order valence-corrected chi connectivity index (χ3v) is 4.28. The van der Waals surface area contributed by atoms with Crippen LogP contribution >= 0.6 is 0 Å². The molecule has 1 amide bonds. The summed E-state index contributed by atoms with van der Waals surface area (Å²) in [6, 6.07) is 9.86. The maximum absolute atomic E-state index is 12.6. The second-order valence-corrected chi connectivity index (χ2v) is 6.77. The van der Waals surface area contributed by atoms with Gasteiger partial charge in [-0.2, -0.15) is 0 Å². The van der Waals surface area contributed by atoms with E-state index in [1.165, 1.54) is 0 Å². The minimum Gasteiger partial charge on any atom is -0.481 e. The molecule has 0 atom stereocenters. The van der Waals surface area contributed by atoms with E-state index in [9.17, 15) is 9.59 Å². The zero-order valence-electron chi connectivity index (χ0n) is 13.8. The number of carboxylic acids is 1. The van der Waals surface area contributed by atoms with E-state index in [4.69, 9.17) is 9.84 Å². The fourth-order valence-corrected chi connectivity index (χ4v) is 2.82. The number of carbonyl (C=O) groups excluding carboxylic acids is 1. The van der Waals surface area contributed by atoms with Crippen LogP contribution in [0.15, 0.2) is 30.3 Å². The molecule has 1 N–H and O–H groups in total. The summed E-state index contributed by atoms with van der Waals surface area (Å²) in [4.78, 5) is 25.4. The Morgan fingerprint density at radius 3 is 2.39 bits per heavy atom. The van der Waals surface area contributed by atoms with Gasteiger partial charge >= 0.3 is 5.97 Å². The topological polar surface area (TPSA) is 66.8 Å². The van der Waals surface area contributed by atoms with Crippen molar-refractivity contribution < 1.29 is 19.4 Å². The number of ether oxygens (including phenoxy) is 1. The molecule has 5 heteroatoms. The fraction of sp³-hybridized carbons (Fsp3) is 0.556. The molecular weight excluding hydrogens is 294 g/mol. The number of carboxylic acid groups (broad SMARTS) is 1. The highest BCUT2D eigenvalue weighted by Gasteiger charge is 2.35. The van der Waals surface area contributed by atoms with Gasteiger partial charge in [-0.1, -0.05) is 30.3 Å². The van der Waals surface area contributed by atoms with Gasteiger partial charge in [0.1, 0.15) is 0 Å². The summed E-state index contributed by atoms with van der Waals surface area (Å²) < 4.78 is 5.71. The van der Waals surface area contributed by atoms with E-state index in [-0.39, 0.29) is 11.8 Å². The minimum atomic E-state index is -0.762. The summed E-state index contributed by atoms with van der Waals surface area (Å²) >= 11 is 0. The van der Waals surface area contributed by atoms with Gasteiger partial charge in [0.15, 0.2) is 0 Å². The van der Waals surface area contributed by atoms with Crippen molar-refractivity contribution in [2.45, 2.75) is 33.3 Å². The molecule has 1 fully saturated rings. The lowest BCUT2D eigenvalue weighted by molar-refractivity contribution is -0.150. The van der Waals surface area contributed by atoms with Crippen molar-refractivity contribution in [2.75, 3.05) is 19.7 Å². The largest absolute Gasteiger partial charge is 0.481 e. The molecule has 23 heavy (non-hydrogen) atoms. The molecule has 1 aliphatic rings. The van der Waals surface area contributed by atoms with Crippen molar-refractivity contribution >= 4 is 11.9 Å². The SMILES string of the molecule is CC(C)(COCc1ccccc1)C(=O)N1CCC(C(=O)O)CC1. The number of rotatable bonds is 6. The Bertz CT molecular complexity index is 533. The van der Waals surface area contributed by atoms with Crippen molar-refractivity contribution in [1.29, 1.82) is 0 Å². The predicted molar refractivity (Wildman–Crippen MR) is 86.8 cm³/mol. The first-order valence-electron chi connectivity index (χ1n) is 8.04. The van der Waals surface area contributed by atoms with E-state index in [2.05, 4.69) is 0 Å². The van der Waals surface area contributed by atoms with E-state index in [0.717, 1.165) is 5.56 Å². The molecule has 2 rings (SSSR count). The standard InChI is InChI=1S/C18H25NO4/c1-18(2,13-23-12-14-6-4-3-5-7-14)17(22)19-10-8-15(9-11-19)16(20)21/h3-7,15H,8-13H2,1-2H3,(H,20,21). The van der Waals surface area contributed by atoms with Crippen LogP contribution in [-0.2, 0) is 20.9 Å². The zero-order valence-corrected chi connectivity index (χ0v) is 13.8. The monoisotopic (exact) mass is 319 g/mol. The molecular formula is C18H25NO4. The summed E-state index contributed by atoms with van der Waals surface area (Å²) in [5.41, 5.74) is 0.475. The van der Waals surface area contributed by atoms with Crippen LogP contribution in [0.5, 0.6) is 0 Å². The third kappa shape index (κ3) is 4.79. The lowest BCUT2D eigenvalue weighted by Gasteiger charge is -2.35. The van der Waals surface area contributed by atoms with Gasteiger partial charge in [0.05, 0.1) is 24.5 Å². The number of aliphatic carboxylic acids is 1. The first kappa shape index (κ1) is 17.5. The Morgan fingerprint density at radius 2 is 1.83 bits per heavy atom. The maximum Gasteiger partial charge on any atom is 0.306 e. The number of hydrogen-bond donors (Lipinski definition) is 1. The first-order chi connectivity index (χ1) is 10.9. The highest BCUT2D eigenvalue weighted by molar-refractivity contribution is 5.82. The second-order valence-electron chi connectivity index (χ2n) is 6.77. The van der Waals surface area contributed by atoms with Crippen LogP contribution in [-0.4, -0.2) is 41.6 Å². The van der Waals surface area contributed by atoms with Gasteiger partial charge in [-0.25, -0.2) is 0 Å². The Kier molecular flexibility index (Phi) is 5.77. The van der Waals surface area contributed by atoms with Crippen LogP contribution in [0.4, 0.5) is 0 Å². The molecule has 0 unspecified atom stereocenters. The Labute approximate surface area is 137 Å². The normalized spacial score (nSPS) is 16.3. The Morgan fingerprint density at radius 1 is 1.22 bits per heavy atom. The van der Waals surface area contributed by atoms with Crippen LogP contribution in [0.3, 0.4) is 0 Å². The van der Waals surface area contributed by atoms with Crippen molar-refractivity contribution in [3.8, 4) is 0 Å². The molecule has 5 nitrogen and oxygen atoms in total. The van der Waals surface area contributed by atoms with Gasteiger partial charge in [-0.15, -0.1) is 0 Å². The fourth-order valence-electron chi connectivity index (χ4n) is 2.82. The van der Waals surface area contributed by atoms with Gasteiger partial charge in [-0.3, -0.25) is 9.59 Å². The maximum atomic E-state index is 12.6. The van der Waals surface area contributed by atoms with Crippen LogP contribution in [0, 0.1) is 11.3 Å². The van der Waals surface area contributed by atoms with Gasteiger partial charge in [0.25, 0.3) is 0 Å². The molecule has 0 aromatic heterocycles. The van der Waals surface area contributed by atoms with E-state index in [0.29, 0.717) is 39.1 Å². The Hall–Kier alpha value is -1.88. The molecule has 0 aliphatic carbocycles. The smallest absolute Gasteiger partial charge is 0.306 e. The molecule has 1 heterocycles. The average Bonchev–Trinajstić information content (AvgIpc) is 2.55. The highest BCUT2D eigenvalue weighted by atomic mass is 16.5. The summed E-state index contributed by atoms with van der Waals surface area (Å²) in [5.74, 6) is -1.05. The molecule has 0 bridgehead atoms. The second kappa shape index (κ2) is 7.59. The number of likely N-dealkylation sites (tertiary alicyclic amines) is 1. The summed E-state index contributed by atoms with van der Waals surface area (Å²) in [6.45, 7) is 5.61.